The van der Waals surface area contributed by atoms with Gasteiger partial charge in [0.05, 0.1) is 17.7 Å². The number of carbonyl (C=O) groups is 2. The third-order valence-corrected chi connectivity index (χ3v) is 6.30. The van der Waals surface area contributed by atoms with Crippen molar-refractivity contribution in [2.45, 2.75) is 19.0 Å². The molecule has 4 aromatic rings. The molecule has 0 spiro atoms. The molecule has 0 radical (unpaired) electrons. The summed E-state index contributed by atoms with van der Waals surface area (Å²) in [5, 5.41) is 9.95. The molecule has 34 heavy (non-hydrogen) atoms. The number of hydrogen-bond donors (Lipinski definition) is 1. The van der Waals surface area contributed by atoms with Gasteiger partial charge < -0.3 is 14.8 Å². The molecular formula is C28H24N4O2. The first-order valence-corrected chi connectivity index (χ1v) is 11.3. The molecule has 1 aliphatic heterocycles. The number of aromatic amines is 1. The fourth-order valence-electron chi connectivity index (χ4n) is 4.58. The van der Waals surface area contributed by atoms with E-state index in [0.717, 1.165) is 22.0 Å². The van der Waals surface area contributed by atoms with E-state index in [1.807, 2.05) is 53.4 Å². The summed E-state index contributed by atoms with van der Waals surface area (Å²) in [5.41, 5.74) is 3.95. The second kappa shape index (κ2) is 9.24. The van der Waals surface area contributed by atoms with E-state index in [2.05, 4.69) is 23.2 Å². The molecule has 1 aliphatic rings. The number of fused-ring (bicyclic) bond motifs is 1. The topological polar surface area (TPSA) is 80.2 Å². The molecule has 3 aromatic carbocycles. The summed E-state index contributed by atoms with van der Waals surface area (Å²) in [4.78, 5) is 33.4. The van der Waals surface area contributed by atoms with Gasteiger partial charge in [-0.1, -0.05) is 60.7 Å². The number of amides is 2. The monoisotopic (exact) mass is 448 g/mol. The number of piperazine rings is 1. The van der Waals surface area contributed by atoms with E-state index >= 15 is 0 Å². The molecule has 0 bridgehead atoms. The lowest BCUT2D eigenvalue weighted by Gasteiger charge is -2.41. The van der Waals surface area contributed by atoms with Crippen LogP contribution in [0.2, 0.25) is 0 Å². The minimum absolute atomic E-state index is 0.0375. The Kier molecular flexibility index (Phi) is 5.84. The van der Waals surface area contributed by atoms with Gasteiger partial charge in [0.15, 0.2) is 0 Å². The number of nitrogens with one attached hydrogen (secondary N) is 1. The summed E-state index contributed by atoms with van der Waals surface area (Å²) in [7, 11) is 0. The van der Waals surface area contributed by atoms with Gasteiger partial charge in [-0.25, -0.2) is 0 Å². The molecule has 0 saturated carbocycles. The number of H-pyrrole nitrogens is 1. The predicted octanol–water partition coefficient (Wildman–Crippen LogP) is 4.14. The molecule has 2 heterocycles. The number of nitriles is 1. The van der Waals surface area contributed by atoms with Crippen LogP contribution >= 0.6 is 0 Å². The zero-order valence-corrected chi connectivity index (χ0v) is 18.6. The Morgan fingerprint density at radius 3 is 2.38 bits per heavy atom. The average molecular weight is 449 g/mol. The van der Waals surface area contributed by atoms with E-state index < -0.39 is 0 Å². The molecule has 0 unspecified atom stereocenters. The van der Waals surface area contributed by atoms with Gasteiger partial charge in [-0.05, 0) is 41.8 Å². The van der Waals surface area contributed by atoms with Crippen LogP contribution in [0.25, 0.3) is 10.9 Å². The molecule has 1 saturated heterocycles. The van der Waals surface area contributed by atoms with Crippen LogP contribution in [0.15, 0.2) is 84.9 Å². The molecule has 2 amide bonds. The van der Waals surface area contributed by atoms with Crippen LogP contribution in [0.3, 0.4) is 0 Å². The first-order chi connectivity index (χ1) is 16.6. The smallest absolute Gasteiger partial charge is 0.270 e. The first kappa shape index (κ1) is 21.5. The Morgan fingerprint density at radius 1 is 0.971 bits per heavy atom. The van der Waals surface area contributed by atoms with Crippen LogP contribution in [0.5, 0.6) is 0 Å². The second-order valence-electron chi connectivity index (χ2n) is 8.63. The van der Waals surface area contributed by atoms with E-state index in [1.165, 1.54) is 0 Å². The van der Waals surface area contributed by atoms with Crippen molar-refractivity contribution in [3.63, 3.8) is 0 Å². The van der Waals surface area contributed by atoms with Gasteiger partial charge in [0.1, 0.15) is 12.2 Å². The molecule has 0 aliphatic carbocycles. The van der Waals surface area contributed by atoms with Gasteiger partial charge in [0.25, 0.3) is 5.91 Å². The Morgan fingerprint density at radius 2 is 1.68 bits per heavy atom. The second-order valence-corrected chi connectivity index (χ2v) is 8.63. The van der Waals surface area contributed by atoms with E-state index in [9.17, 15) is 9.59 Å². The van der Waals surface area contributed by atoms with Crippen LogP contribution in [0, 0.1) is 11.3 Å². The zero-order chi connectivity index (χ0) is 23.5. The lowest BCUT2D eigenvalue weighted by atomic mass is 10.0. The van der Waals surface area contributed by atoms with Gasteiger partial charge >= 0.3 is 0 Å². The molecular weight excluding hydrogens is 424 g/mol. The highest BCUT2D eigenvalue weighted by Gasteiger charge is 2.35. The van der Waals surface area contributed by atoms with Crippen LogP contribution in [-0.4, -0.2) is 45.7 Å². The molecule has 168 valence electrons. The van der Waals surface area contributed by atoms with E-state index in [0.29, 0.717) is 30.8 Å². The molecule has 5 rings (SSSR count). The molecule has 1 fully saturated rings. The summed E-state index contributed by atoms with van der Waals surface area (Å²) in [6.07, 6.45) is 0.668. The van der Waals surface area contributed by atoms with Crippen molar-refractivity contribution in [3.8, 4) is 6.07 Å². The van der Waals surface area contributed by atoms with Crippen molar-refractivity contribution < 1.29 is 9.59 Å². The van der Waals surface area contributed by atoms with Crippen LogP contribution in [-0.2, 0) is 17.8 Å². The minimum Gasteiger partial charge on any atom is -0.351 e. The SMILES string of the molecule is N#Cc1ccc2[nH]c(C(=O)N3CC(=O)N(Cc4ccccc4)[C@@H](Cc4ccccc4)C3)cc2c1. The van der Waals surface area contributed by atoms with Gasteiger partial charge in [-0.3, -0.25) is 9.59 Å². The molecule has 1 aromatic heterocycles. The summed E-state index contributed by atoms with van der Waals surface area (Å²) in [6, 6.07) is 29.0. The van der Waals surface area contributed by atoms with Crippen molar-refractivity contribution in [3.05, 3.63) is 107 Å². The Hall–Kier alpha value is -4.37. The fourth-order valence-corrected chi connectivity index (χ4v) is 4.58. The number of carbonyl (C=O) groups excluding carboxylic acids is 2. The summed E-state index contributed by atoms with van der Waals surface area (Å²) in [6.45, 7) is 1.00. The zero-order valence-electron chi connectivity index (χ0n) is 18.6. The maximum Gasteiger partial charge on any atom is 0.270 e. The quantitative estimate of drug-likeness (QED) is 0.498. The third kappa shape index (κ3) is 4.41. The van der Waals surface area contributed by atoms with Crippen LogP contribution in [0.4, 0.5) is 0 Å². The maximum atomic E-state index is 13.4. The average Bonchev–Trinajstić information content (AvgIpc) is 3.30. The molecule has 1 atom stereocenters. The van der Waals surface area contributed by atoms with Crippen molar-refractivity contribution >= 4 is 22.7 Å². The largest absolute Gasteiger partial charge is 0.351 e. The molecule has 6 heteroatoms. The van der Waals surface area contributed by atoms with E-state index in [1.54, 1.807) is 29.2 Å². The predicted molar refractivity (Wildman–Crippen MR) is 130 cm³/mol. The van der Waals surface area contributed by atoms with Gasteiger partial charge in [0, 0.05) is 24.0 Å². The number of nitrogens with zero attached hydrogens (tertiary/aromatic N) is 3. The lowest BCUT2D eigenvalue weighted by Crippen LogP contribution is -2.58. The normalized spacial score (nSPS) is 16.0. The molecule has 1 N–H and O–H groups in total. The van der Waals surface area contributed by atoms with Gasteiger partial charge in [-0.15, -0.1) is 0 Å². The van der Waals surface area contributed by atoms with Crippen LogP contribution < -0.4 is 0 Å². The minimum atomic E-state index is -0.208. The number of hydrogen-bond acceptors (Lipinski definition) is 3. The number of benzene rings is 3. The van der Waals surface area contributed by atoms with Gasteiger partial charge in [0.2, 0.25) is 5.91 Å². The highest BCUT2D eigenvalue weighted by molar-refractivity contribution is 6.00. The standard InChI is InChI=1S/C28H24N4O2/c29-16-22-11-12-25-23(13-22)15-26(30-25)28(34)31-18-24(14-20-7-3-1-4-8-20)32(27(33)19-31)17-21-9-5-2-6-10-21/h1-13,15,24,30H,14,17-19H2/t24-/m0/s1. The van der Waals surface area contributed by atoms with E-state index in [4.69, 9.17) is 5.26 Å². The Bertz CT molecular complexity index is 1370. The summed E-state index contributed by atoms with van der Waals surface area (Å²) in [5.74, 6) is -0.271. The highest BCUT2D eigenvalue weighted by Crippen LogP contribution is 2.23. The lowest BCUT2D eigenvalue weighted by molar-refractivity contribution is -0.139. The molecule has 6 nitrogen and oxygen atoms in total. The first-order valence-electron chi connectivity index (χ1n) is 11.3. The van der Waals surface area contributed by atoms with Crippen molar-refractivity contribution in [2.75, 3.05) is 13.1 Å². The summed E-state index contributed by atoms with van der Waals surface area (Å²) >= 11 is 0. The maximum absolute atomic E-state index is 13.4. The van der Waals surface area contributed by atoms with E-state index in [-0.39, 0.29) is 24.4 Å². The van der Waals surface area contributed by atoms with Gasteiger partial charge in [-0.2, -0.15) is 5.26 Å². The Labute approximate surface area is 198 Å². The van der Waals surface area contributed by atoms with Crippen molar-refractivity contribution in [1.82, 2.24) is 14.8 Å². The van der Waals surface area contributed by atoms with Crippen LogP contribution in [0.1, 0.15) is 27.2 Å². The number of aromatic nitrogens is 1. The third-order valence-electron chi connectivity index (χ3n) is 6.30. The highest BCUT2D eigenvalue weighted by atomic mass is 16.2. The summed E-state index contributed by atoms with van der Waals surface area (Å²) < 4.78 is 0. The fraction of sp³-hybridized carbons (Fsp3) is 0.179. The number of rotatable bonds is 5. The van der Waals surface area contributed by atoms with Crippen molar-refractivity contribution in [2.24, 2.45) is 0 Å². The Balaban J connectivity index is 1.41. The van der Waals surface area contributed by atoms with Crippen molar-refractivity contribution in [1.29, 1.82) is 5.26 Å².